The highest BCUT2D eigenvalue weighted by molar-refractivity contribution is 9.10. The summed E-state index contributed by atoms with van der Waals surface area (Å²) < 4.78 is 7.01. The molecule has 0 amide bonds. The molecule has 0 aliphatic rings. The molecular formula is C17H28BrNO. The van der Waals surface area contributed by atoms with Crippen LogP contribution in [0.15, 0.2) is 22.7 Å². The summed E-state index contributed by atoms with van der Waals surface area (Å²) in [6.45, 7) is 14.6. The first kappa shape index (κ1) is 17.7. The van der Waals surface area contributed by atoms with Gasteiger partial charge < -0.3 is 10.1 Å². The van der Waals surface area contributed by atoms with Crippen LogP contribution in [0.1, 0.15) is 52.7 Å². The predicted molar refractivity (Wildman–Crippen MR) is 89.8 cm³/mol. The molecule has 0 heterocycles. The second kappa shape index (κ2) is 7.58. The molecule has 0 fully saturated rings. The molecule has 0 aromatic heterocycles. The Kier molecular flexibility index (Phi) is 6.70. The average molecular weight is 342 g/mol. The Labute approximate surface area is 132 Å². The predicted octanol–water partition coefficient (Wildman–Crippen LogP) is 4.90. The van der Waals surface area contributed by atoms with Crippen LogP contribution in [0.4, 0.5) is 0 Å². The molecule has 1 unspecified atom stereocenters. The van der Waals surface area contributed by atoms with Crippen LogP contribution in [-0.4, -0.2) is 11.6 Å². The first-order valence-electron chi connectivity index (χ1n) is 7.33. The van der Waals surface area contributed by atoms with Gasteiger partial charge in [0.2, 0.25) is 0 Å². The lowest BCUT2D eigenvalue weighted by Crippen LogP contribution is -2.35. The number of benzene rings is 1. The van der Waals surface area contributed by atoms with Gasteiger partial charge in [-0.25, -0.2) is 0 Å². The Morgan fingerprint density at radius 3 is 2.35 bits per heavy atom. The van der Waals surface area contributed by atoms with Crippen LogP contribution < -0.4 is 5.32 Å². The van der Waals surface area contributed by atoms with E-state index >= 15 is 0 Å². The molecule has 1 N–H and O–H groups in total. The van der Waals surface area contributed by atoms with Crippen LogP contribution in [0.3, 0.4) is 0 Å². The molecule has 2 nitrogen and oxygen atoms in total. The molecule has 0 spiro atoms. The van der Waals surface area contributed by atoms with Gasteiger partial charge in [-0.1, -0.05) is 41.9 Å². The summed E-state index contributed by atoms with van der Waals surface area (Å²) in [7, 11) is 0. The highest BCUT2D eigenvalue weighted by Gasteiger charge is 2.11. The van der Waals surface area contributed by atoms with Crippen LogP contribution in [-0.2, 0) is 17.9 Å². The minimum Gasteiger partial charge on any atom is -0.374 e. The van der Waals surface area contributed by atoms with Crippen molar-refractivity contribution in [1.82, 2.24) is 5.32 Å². The van der Waals surface area contributed by atoms with Crippen molar-refractivity contribution in [2.75, 3.05) is 0 Å². The second-order valence-electron chi connectivity index (χ2n) is 6.79. The van der Waals surface area contributed by atoms with Crippen LogP contribution in [0, 0.1) is 5.92 Å². The van der Waals surface area contributed by atoms with Gasteiger partial charge in [0.25, 0.3) is 0 Å². The summed E-state index contributed by atoms with van der Waals surface area (Å²) in [6.07, 6.45) is 0.282. The maximum atomic E-state index is 5.88. The van der Waals surface area contributed by atoms with Crippen molar-refractivity contribution in [3.8, 4) is 0 Å². The molecule has 0 saturated carbocycles. The van der Waals surface area contributed by atoms with E-state index in [0.29, 0.717) is 12.5 Å². The molecule has 1 atom stereocenters. The van der Waals surface area contributed by atoms with E-state index in [4.69, 9.17) is 4.74 Å². The van der Waals surface area contributed by atoms with E-state index < -0.39 is 0 Å². The van der Waals surface area contributed by atoms with Crippen molar-refractivity contribution in [3.05, 3.63) is 33.8 Å². The number of ether oxygens (including phenoxy) is 1. The van der Waals surface area contributed by atoms with Crippen LogP contribution in [0.25, 0.3) is 0 Å². The van der Waals surface area contributed by atoms with Crippen molar-refractivity contribution >= 4 is 15.9 Å². The largest absolute Gasteiger partial charge is 0.374 e. The Balaban J connectivity index is 2.59. The third-order valence-corrected chi connectivity index (χ3v) is 4.12. The fourth-order valence-corrected chi connectivity index (χ4v) is 2.14. The maximum Gasteiger partial charge on any atom is 0.0731 e. The summed E-state index contributed by atoms with van der Waals surface area (Å²) in [6, 6.07) is 6.50. The Hall–Kier alpha value is -0.380. The molecule has 0 saturated heterocycles. The van der Waals surface area contributed by atoms with Gasteiger partial charge in [-0.05, 0) is 50.8 Å². The molecule has 1 rings (SSSR count). The Morgan fingerprint density at radius 2 is 1.85 bits per heavy atom. The number of hydrogen-bond donors (Lipinski definition) is 1. The van der Waals surface area contributed by atoms with E-state index in [0.717, 1.165) is 11.0 Å². The van der Waals surface area contributed by atoms with E-state index in [1.165, 1.54) is 11.1 Å². The van der Waals surface area contributed by atoms with E-state index in [2.05, 4.69) is 81.0 Å². The smallest absolute Gasteiger partial charge is 0.0731 e. The number of rotatable bonds is 6. The van der Waals surface area contributed by atoms with Gasteiger partial charge in [-0.3, -0.25) is 0 Å². The highest BCUT2D eigenvalue weighted by Crippen LogP contribution is 2.21. The van der Waals surface area contributed by atoms with Crippen molar-refractivity contribution in [2.45, 2.75) is 66.3 Å². The van der Waals surface area contributed by atoms with E-state index in [9.17, 15) is 0 Å². The average Bonchev–Trinajstić information content (AvgIpc) is 2.33. The standard InChI is InChI=1S/C17H28BrNO/c1-12(2)13(3)20-11-15-8-7-14(9-16(15)18)10-19-17(4,5)6/h7-9,12-13,19H,10-11H2,1-6H3. The zero-order chi connectivity index (χ0) is 15.3. The zero-order valence-electron chi connectivity index (χ0n) is 13.6. The second-order valence-corrected chi connectivity index (χ2v) is 7.64. The van der Waals surface area contributed by atoms with Crippen molar-refractivity contribution in [3.63, 3.8) is 0 Å². The third-order valence-electron chi connectivity index (χ3n) is 3.38. The lowest BCUT2D eigenvalue weighted by atomic mass is 10.1. The van der Waals surface area contributed by atoms with Gasteiger partial charge in [0, 0.05) is 16.6 Å². The molecule has 0 aliphatic carbocycles. The molecule has 1 aromatic rings. The number of hydrogen-bond acceptors (Lipinski definition) is 2. The number of nitrogens with one attached hydrogen (secondary N) is 1. The normalized spacial score (nSPS) is 13.8. The fraction of sp³-hybridized carbons (Fsp3) is 0.647. The lowest BCUT2D eigenvalue weighted by Gasteiger charge is -2.21. The van der Waals surface area contributed by atoms with E-state index in [1.54, 1.807) is 0 Å². The van der Waals surface area contributed by atoms with Crippen LogP contribution in [0.2, 0.25) is 0 Å². The van der Waals surface area contributed by atoms with Gasteiger partial charge in [0.05, 0.1) is 12.7 Å². The van der Waals surface area contributed by atoms with Crippen LogP contribution >= 0.6 is 15.9 Å². The zero-order valence-corrected chi connectivity index (χ0v) is 15.2. The molecule has 20 heavy (non-hydrogen) atoms. The molecular weight excluding hydrogens is 314 g/mol. The molecule has 0 bridgehead atoms. The van der Waals surface area contributed by atoms with Gasteiger partial charge >= 0.3 is 0 Å². The quantitative estimate of drug-likeness (QED) is 0.794. The van der Waals surface area contributed by atoms with Crippen LogP contribution in [0.5, 0.6) is 0 Å². The first-order chi connectivity index (χ1) is 9.19. The van der Waals surface area contributed by atoms with Crippen molar-refractivity contribution < 1.29 is 4.74 Å². The summed E-state index contributed by atoms with van der Waals surface area (Å²) in [5.74, 6) is 0.545. The summed E-state index contributed by atoms with van der Waals surface area (Å²) >= 11 is 3.65. The SMILES string of the molecule is CC(C)C(C)OCc1ccc(CNC(C)(C)C)cc1Br. The van der Waals surface area contributed by atoms with Crippen molar-refractivity contribution in [1.29, 1.82) is 0 Å². The fourth-order valence-electron chi connectivity index (χ4n) is 1.60. The number of halogens is 1. The topological polar surface area (TPSA) is 21.3 Å². The van der Waals surface area contributed by atoms with E-state index in [1.807, 2.05) is 0 Å². The molecule has 0 aliphatic heterocycles. The Morgan fingerprint density at radius 1 is 1.20 bits per heavy atom. The molecule has 1 aromatic carbocycles. The monoisotopic (exact) mass is 341 g/mol. The lowest BCUT2D eigenvalue weighted by molar-refractivity contribution is 0.0232. The van der Waals surface area contributed by atoms with Crippen molar-refractivity contribution in [2.24, 2.45) is 5.92 Å². The molecule has 114 valence electrons. The highest BCUT2D eigenvalue weighted by atomic mass is 79.9. The first-order valence-corrected chi connectivity index (χ1v) is 8.12. The summed E-state index contributed by atoms with van der Waals surface area (Å²) in [4.78, 5) is 0. The minimum atomic E-state index is 0.140. The van der Waals surface area contributed by atoms with Gasteiger partial charge in [-0.2, -0.15) is 0 Å². The van der Waals surface area contributed by atoms with Gasteiger partial charge in [0.1, 0.15) is 0 Å². The van der Waals surface area contributed by atoms with Gasteiger partial charge in [0.15, 0.2) is 0 Å². The van der Waals surface area contributed by atoms with Gasteiger partial charge in [-0.15, -0.1) is 0 Å². The maximum absolute atomic E-state index is 5.88. The summed E-state index contributed by atoms with van der Waals surface area (Å²) in [5, 5.41) is 3.50. The van der Waals surface area contributed by atoms with E-state index in [-0.39, 0.29) is 11.6 Å². The minimum absolute atomic E-state index is 0.140. The third kappa shape index (κ3) is 6.38. The summed E-state index contributed by atoms with van der Waals surface area (Å²) in [5.41, 5.74) is 2.63. The molecule has 3 heteroatoms. The Bertz CT molecular complexity index is 423. The molecule has 0 radical (unpaired) electrons.